The third-order valence-corrected chi connectivity index (χ3v) is 6.63. The van der Waals surface area contributed by atoms with E-state index in [9.17, 15) is 18.0 Å². The van der Waals surface area contributed by atoms with Crippen molar-refractivity contribution in [1.82, 2.24) is 4.31 Å². The summed E-state index contributed by atoms with van der Waals surface area (Å²) in [6.07, 6.45) is 2.40. The predicted molar refractivity (Wildman–Crippen MR) is 92.9 cm³/mol. The molecule has 134 valence electrons. The second kappa shape index (κ2) is 7.20. The van der Waals surface area contributed by atoms with E-state index >= 15 is 0 Å². The van der Waals surface area contributed by atoms with Crippen molar-refractivity contribution >= 4 is 38.2 Å². The molecule has 1 N–H and O–H groups in total. The second-order valence-corrected chi connectivity index (χ2v) is 9.14. The van der Waals surface area contributed by atoms with Gasteiger partial charge in [0, 0.05) is 18.0 Å². The Morgan fingerprint density at radius 1 is 1.33 bits per heavy atom. The summed E-state index contributed by atoms with van der Waals surface area (Å²) in [5, 5.41) is 3.24. The van der Waals surface area contributed by atoms with E-state index in [0.29, 0.717) is 30.0 Å². The van der Waals surface area contributed by atoms with Crippen LogP contribution in [0, 0.1) is 19.8 Å². The van der Waals surface area contributed by atoms with Crippen molar-refractivity contribution in [2.75, 3.05) is 31.8 Å². The molecule has 1 aromatic heterocycles. The summed E-state index contributed by atoms with van der Waals surface area (Å²) in [7, 11) is -2.01. The zero-order chi connectivity index (χ0) is 18.1. The first-order valence-corrected chi connectivity index (χ1v) is 10.3. The fourth-order valence-corrected chi connectivity index (χ4v) is 4.70. The monoisotopic (exact) mass is 374 g/mol. The molecule has 9 heteroatoms. The third-order valence-electron chi connectivity index (χ3n) is 4.24. The van der Waals surface area contributed by atoms with Gasteiger partial charge in [0.2, 0.25) is 15.9 Å². The summed E-state index contributed by atoms with van der Waals surface area (Å²) in [6, 6.07) is 0. The number of carbonyl (C=O) groups is 2. The number of ether oxygens (including phenoxy) is 1. The van der Waals surface area contributed by atoms with Crippen molar-refractivity contribution in [3.8, 4) is 0 Å². The maximum Gasteiger partial charge on any atom is 0.341 e. The summed E-state index contributed by atoms with van der Waals surface area (Å²) < 4.78 is 29.5. The normalized spacial score (nSPS) is 19.1. The number of hydrogen-bond donors (Lipinski definition) is 1. The zero-order valence-electron chi connectivity index (χ0n) is 14.2. The molecule has 1 saturated heterocycles. The topological polar surface area (TPSA) is 92.8 Å². The van der Waals surface area contributed by atoms with Gasteiger partial charge in [0.15, 0.2) is 0 Å². The first kappa shape index (κ1) is 18.9. The molecule has 1 fully saturated rings. The largest absolute Gasteiger partial charge is 0.465 e. The molecule has 0 unspecified atom stereocenters. The number of anilines is 1. The predicted octanol–water partition coefficient (Wildman–Crippen LogP) is 1.76. The van der Waals surface area contributed by atoms with Crippen molar-refractivity contribution in [2.24, 2.45) is 5.92 Å². The number of nitrogens with one attached hydrogen (secondary N) is 1. The number of sulfonamides is 1. The molecule has 1 aliphatic heterocycles. The minimum Gasteiger partial charge on any atom is -0.465 e. The second-order valence-electron chi connectivity index (χ2n) is 5.93. The van der Waals surface area contributed by atoms with E-state index in [1.54, 1.807) is 6.92 Å². The highest BCUT2D eigenvalue weighted by molar-refractivity contribution is 7.88. The Bertz CT molecular complexity index is 754. The maximum absolute atomic E-state index is 12.5. The zero-order valence-corrected chi connectivity index (χ0v) is 15.8. The van der Waals surface area contributed by atoms with E-state index in [2.05, 4.69) is 5.32 Å². The molecule has 2 heterocycles. The van der Waals surface area contributed by atoms with Gasteiger partial charge in [-0.25, -0.2) is 17.5 Å². The summed E-state index contributed by atoms with van der Waals surface area (Å²) in [5.74, 6) is -1.19. The van der Waals surface area contributed by atoms with Crippen LogP contribution < -0.4 is 5.32 Å². The van der Waals surface area contributed by atoms with Crippen LogP contribution in [0.15, 0.2) is 0 Å². The van der Waals surface area contributed by atoms with Gasteiger partial charge in [-0.05, 0) is 32.3 Å². The SMILES string of the molecule is COC(=O)c1c(NC(=O)[C@@H]2CCCN(S(C)(=O)=O)C2)sc(C)c1C. The molecule has 1 aromatic rings. The summed E-state index contributed by atoms with van der Waals surface area (Å²) in [4.78, 5) is 25.4. The van der Waals surface area contributed by atoms with Crippen LogP contribution in [0.4, 0.5) is 5.00 Å². The Morgan fingerprint density at radius 2 is 2.00 bits per heavy atom. The number of hydrogen-bond acceptors (Lipinski definition) is 6. The van der Waals surface area contributed by atoms with E-state index in [4.69, 9.17) is 4.74 Å². The number of amides is 1. The van der Waals surface area contributed by atoms with Crippen LogP contribution >= 0.6 is 11.3 Å². The average Bonchev–Trinajstić information content (AvgIpc) is 2.80. The van der Waals surface area contributed by atoms with Crippen LogP contribution in [-0.2, 0) is 19.6 Å². The number of nitrogens with zero attached hydrogens (tertiary/aromatic N) is 1. The van der Waals surface area contributed by atoms with Gasteiger partial charge in [0.05, 0.1) is 24.8 Å². The van der Waals surface area contributed by atoms with E-state index in [-0.39, 0.29) is 12.5 Å². The Labute approximate surface area is 146 Å². The molecule has 24 heavy (non-hydrogen) atoms. The van der Waals surface area contributed by atoms with Crippen molar-refractivity contribution in [1.29, 1.82) is 0 Å². The fraction of sp³-hybridized carbons (Fsp3) is 0.600. The van der Waals surface area contributed by atoms with Crippen LogP contribution in [0.3, 0.4) is 0 Å². The molecule has 7 nitrogen and oxygen atoms in total. The fourth-order valence-electron chi connectivity index (χ4n) is 2.73. The molecule has 1 amide bonds. The third kappa shape index (κ3) is 3.96. The highest BCUT2D eigenvalue weighted by atomic mass is 32.2. The number of piperidine rings is 1. The van der Waals surface area contributed by atoms with Crippen LogP contribution in [0.25, 0.3) is 0 Å². The molecule has 0 aliphatic carbocycles. The quantitative estimate of drug-likeness (QED) is 0.811. The minimum absolute atomic E-state index is 0.168. The Morgan fingerprint density at radius 3 is 2.58 bits per heavy atom. The summed E-state index contributed by atoms with van der Waals surface area (Å²) in [5.41, 5.74) is 1.15. The number of esters is 1. The lowest BCUT2D eigenvalue weighted by molar-refractivity contribution is -0.120. The van der Waals surface area contributed by atoms with Crippen LogP contribution in [0.2, 0.25) is 0 Å². The smallest absolute Gasteiger partial charge is 0.341 e. The molecule has 0 saturated carbocycles. The lowest BCUT2D eigenvalue weighted by atomic mass is 9.99. The number of carbonyl (C=O) groups excluding carboxylic acids is 2. The van der Waals surface area contributed by atoms with Gasteiger partial charge < -0.3 is 10.1 Å². The van der Waals surface area contributed by atoms with Crippen molar-refractivity contribution in [3.05, 3.63) is 16.0 Å². The standard InChI is InChI=1S/C15H22N2O5S2/c1-9-10(2)23-14(12(9)15(19)22-3)16-13(18)11-6-5-7-17(8-11)24(4,20)21/h11H,5-8H2,1-4H3,(H,16,18)/t11-/m1/s1. The molecular weight excluding hydrogens is 352 g/mol. The maximum atomic E-state index is 12.5. The van der Waals surface area contributed by atoms with Gasteiger partial charge in [0.25, 0.3) is 0 Å². The van der Waals surface area contributed by atoms with E-state index < -0.39 is 21.9 Å². The number of rotatable bonds is 4. The van der Waals surface area contributed by atoms with Crippen LogP contribution in [0.5, 0.6) is 0 Å². The number of aryl methyl sites for hydroxylation is 1. The molecule has 1 aliphatic rings. The molecule has 0 radical (unpaired) electrons. The summed E-state index contributed by atoms with van der Waals surface area (Å²) in [6.45, 7) is 4.28. The molecule has 0 spiro atoms. The van der Waals surface area contributed by atoms with Crippen LogP contribution in [0.1, 0.15) is 33.6 Å². The first-order chi connectivity index (χ1) is 11.1. The van der Waals surface area contributed by atoms with E-state index in [0.717, 1.165) is 16.7 Å². The van der Waals surface area contributed by atoms with Crippen LogP contribution in [-0.4, -0.2) is 51.1 Å². The van der Waals surface area contributed by atoms with Crippen molar-refractivity contribution < 1.29 is 22.7 Å². The molecule has 2 rings (SSSR count). The van der Waals surface area contributed by atoms with Gasteiger partial charge in [-0.1, -0.05) is 0 Å². The highest BCUT2D eigenvalue weighted by Crippen LogP contribution is 2.33. The Balaban J connectivity index is 2.18. The lowest BCUT2D eigenvalue weighted by Crippen LogP contribution is -2.43. The van der Waals surface area contributed by atoms with E-state index in [1.807, 2.05) is 6.92 Å². The number of thiophene rings is 1. The molecule has 0 aromatic carbocycles. The minimum atomic E-state index is -3.31. The van der Waals surface area contributed by atoms with Gasteiger partial charge >= 0.3 is 5.97 Å². The van der Waals surface area contributed by atoms with Gasteiger partial charge in [0.1, 0.15) is 5.00 Å². The van der Waals surface area contributed by atoms with Gasteiger partial charge in [-0.3, -0.25) is 4.79 Å². The molecule has 0 bridgehead atoms. The van der Waals surface area contributed by atoms with Crippen molar-refractivity contribution in [3.63, 3.8) is 0 Å². The highest BCUT2D eigenvalue weighted by Gasteiger charge is 2.31. The van der Waals surface area contributed by atoms with Crippen molar-refractivity contribution in [2.45, 2.75) is 26.7 Å². The lowest BCUT2D eigenvalue weighted by Gasteiger charge is -2.30. The summed E-state index contributed by atoms with van der Waals surface area (Å²) >= 11 is 1.32. The Hall–Kier alpha value is -1.45. The molecule has 1 atom stereocenters. The van der Waals surface area contributed by atoms with Gasteiger partial charge in [-0.2, -0.15) is 0 Å². The number of methoxy groups -OCH3 is 1. The first-order valence-electron chi connectivity index (χ1n) is 7.59. The average molecular weight is 374 g/mol. The Kier molecular flexibility index (Phi) is 5.67. The molecular formula is C15H22N2O5S2. The van der Waals surface area contributed by atoms with Gasteiger partial charge in [-0.15, -0.1) is 11.3 Å². The van der Waals surface area contributed by atoms with E-state index in [1.165, 1.54) is 22.8 Å².